The number of aldehydes is 1. The summed E-state index contributed by atoms with van der Waals surface area (Å²) in [7, 11) is 5.02. The number of fused-ring (bicyclic) bond motifs is 2. The average molecular weight is 658 g/mol. The largest absolute Gasteiger partial charge is 0.372 e. The molecule has 0 N–H and O–H groups in total. The van der Waals surface area contributed by atoms with Crippen molar-refractivity contribution in [3.05, 3.63) is 82.9 Å². The Kier molecular flexibility index (Phi) is 12.4. The third-order valence-electron chi connectivity index (χ3n) is 10.1. The Hall–Kier alpha value is -2.66. The minimum absolute atomic E-state index is 0.193. The molecule has 3 heterocycles. The lowest BCUT2D eigenvalue weighted by Crippen LogP contribution is -2.36. The first-order chi connectivity index (χ1) is 22.3. The van der Waals surface area contributed by atoms with E-state index >= 15 is 0 Å². The molecule has 0 aromatic heterocycles. The molecule has 1 amide bonds. The number of amides is 1. The van der Waals surface area contributed by atoms with Gasteiger partial charge in [-0.1, -0.05) is 63.1 Å². The topological polar surface area (TPSA) is 43.9 Å². The molecule has 0 saturated carbocycles. The molecule has 246 valence electrons. The third kappa shape index (κ3) is 8.24. The van der Waals surface area contributed by atoms with E-state index in [4.69, 9.17) is 0 Å². The third-order valence-corrected chi connectivity index (χ3v) is 11.9. The van der Waals surface area contributed by atoms with Crippen molar-refractivity contribution in [3.63, 3.8) is 0 Å². The summed E-state index contributed by atoms with van der Waals surface area (Å²) in [4.78, 5) is 31.9. The Morgan fingerprint density at radius 2 is 1.83 bits per heavy atom. The first-order valence-corrected chi connectivity index (χ1v) is 18.8. The lowest BCUT2D eigenvalue weighted by Gasteiger charge is -2.30. The zero-order valence-corrected chi connectivity index (χ0v) is 30.2. The van der Waals surface area contributed by atoms with Gasteiger partial charge in [0, 0.05) is 54.2 Å². The standard InChI is InChI=1S/C24H26N2O2S.C15H26NP/c27-11-10-25-16-20(17-5-6-23-19(13-17)8-12-29-23)14-21(25)7-9-26-22-4-2-1-3-18(22)15-24(26)28;1-5-7-13(8-6-2)16(4)14-9-10-15(17)12(3)11-14/h1-6,11,13,20-21H,7-10,12,14-16H2;9-11,13H,5-8,17H2,1-4H3. The van der Waals surface area contributed by atoms with Crippen molar-refractivity contribution in [3.8, 4) is 0 Å². The number of hydrogen-bond acceptors (Lipinski definition) is 5. The fourth-order valence-corrected chi connectivity index (χ4v) is 8.67. The zero-order chi connectivity index (χ0) is 32.6. The molecule has 0 spiro atoms. The van der Waals surface area contributed by atoms with Gasteiger partial charge in [-0.2, -0.15) is 0 Å². The van der Waals surface area contributed by atoms with Crippen LogP contribution in [0, 0.1) is 6.92 Å². The van der Waals surface area contributed by atoms with Crippen LogP contribution in [0.15, 0.2) is 65.6 Å². The molecular formula is C39H52N3O2PS. The van der Waals surface area contributed by atoms with Gasteiger partial charge in [-0.15, -0.1) is 21.0 Å². The Morgan fingerprint density at radius 1 is 1.04 bits per heavy atom. The van der Waals surface area contributed by atoms with E-state index in [-0.39, 0.29) is 5.91 Å². The van der Waals surface area contributed by atoms with Crippen molar-refractivity contribution in [1.82, 2.24) is 4.90 Å². The van der Waals surface area contributed by atoms with Gasteiger partial charge in [-0.25, -0.2) is 0 Å². The number of thioether (sulfide) groups is 1. The van der Waals surface area contributed by atoms with E-state index in [2.05, 4.69) is 83.3 Å². The number of carbonyl (C=O) groups is 2. The second-order valence-electron chi connectivity index (χ2n) is 13.2. The minimum atomic E-state index is 0.193. The van der Waals surface area contributed by atoms with Gasteiger partial charge in [0.2, 0.25) is 5.91 Å². The van der Waals surface area contributed by atoms with E-state index in [9.17, 15) is 9.59 Å². The number of carbonyl (C=O) groups excluding carboxylic acids is 2. The number of rotatable bonds is 12. The van der Waals surface area contributed by atoms with E-state index in [0.29, 0.717) is 31.0 Å². The van der Waals surface area contributed by atoms with Gasteiger partial charge in [-0.05, 0) is 96.8 Å². The lowest BCUT2D eigenvalue weighted by molar-refractivity contribution is -0.117. The van der Waals surface area contributed by atoms with Crippen LogP contribution < -0.4 is 15.1 Å². The normalized spacial score (nSPS) is 18.8. The van der Waals surface area contributed by atoms with Crippen molar-refractivity contribution >= 4 is 49.9 Å². The van der Waals surface area contributed by atoms with Crippen LogP contribution >= 0.6 is 21.0 Å². The molecule has 7 heteroatoms. The molecule has 3 aromatic rings. The average Bonchev–Trinajstić information content (AvgIpc) is 3.77. The molecule has 0 radical (unpaired) electrons. The van der Waals surface area contributed by atoms with E-state index in [1.165, 1.54) is 70.4 Å². The van der Waals surface area contributed by atoms with E-state index in [0.717, 1.165) is 43.5 Å². The SMILES string of the molecule is CCCC(CCC)N(C)c1ccc(P)c(C)c1.O=CCN1CC(c2ccc3c(c2)CCS3)CC1CCN1C(=O)Cc2ccccc21. The Labute approximate surface area is 283 Å². The van der Waals surface area contributed by atoms with Crippen molar-refractivity contribution in [2.45, 2.75) is 95.0 Å². The Balaban J connectivity index is 0.000000211. The van der Waals surface area contributed by atoms with Crippen LogP contribution in [-0.2, 0) is 22.4 Å². The van der Waals surface area contributed by atoms with Crippen molar-refractivity contribution < 1.29 is 9.59 Å². The fraction of sp³-hybridized carbons (Fsp3) is 0.487. The van der Waals surface area contributed by atoms with Crippen molar-refractivity contribution in [1.29, 1.82) is 0 Å². The zero-order valence-electron chi connectivity index (χ0n) is 28.2. The van der Waals surface area contributed by atoms with Gasteiger partial charge in [0.15, 0.2) is 0 Å². The highest BCUT2D eigenvalue weighted by atomic mass is 32.2. The van der Waals surface area contributed by atoms with Gasteiger partial charge in [0.1, 0.15) is 6.29 Å². The number of hydrogen-bond donors (Lipinski definition) is 0. The van der Waals surface area contributed by atoms with Gasteiger partial charge in [0.25, 0.3) is 0 Å². The van der Waals surface area contributed by atoms with Crippen LogP contribution in [0.4, 0.5) is 11.4 Å². The molecule has 1 saturated heterocycles. The summed E-state index contributed by atoms with van der Waals surface area (Å²) in [5.41, 5.74) is 7.78. The molecule has 3 aliphatic heterocycles. The number of likely N-dealkylation sites (tertiary alicyclic amines) is 1. The van der Waals surface area contributed by atoms with Crippen LogP contribution in [0.1, 0.15) is 80.5 Å². The summed E-state index contributed by atoms with van der Waals surface area (Å²) >= 11 is 1.95. The molecule has 1 fully saturated rings. The van der Waals surface area contributed by atoms with Crippen LogP contribution in [0.3, 0.4) is 0 Å². The summed E-state index contributed by atoms with van der Waals surface area (Å²) in [5, 5.41) is 1.30. The molecule has 3 aromatic carbocycles. The lowest BCUT2D eigenvalue weighted by atomic mass is 9.93. The van der Waals surface area contributed by atoms with E-state index < -0.39 is 0 Å². The number of aryl methyl sites for hydroxylation is 2. The van der Waals surface area contributed by atoms with Crippen molar-refractivity contribution in [2.24, 2.45) is 0 Å². The summed E-state index contributed by atoms with van der Waals surface area (Å²) in [6.45, 7) is 8.85. The highest BCUT2D eigenvalue weighted by molar-refractivity contribution is 7.99. The van der Waals surface area contributed by atoms with Gasteiger partial charge in [0.05, 0.1) is 13.0 Å². The summed E-state index contributed by atoms with van der Waals surface area (Å²) in [6.07, 6.45) is 9.75. The molecule has 3 aliphatic rings. The minimum Gasteiger partial charge on any atom is -0.372 e. The molecule has 3 unspecified atom stereocenters. The molecule has 46 heavy (non-hydrogen) atoms. The van der Waals surface area contributed by atoms with E-state index in [1.807, 2.05) is 40.9 Å². The van der Waals surface area contributed by atoms with Crippen LogP contribution in [0.2, 0.25) is 0 Å². The second-order valence-corrected chi connectivity index (χ2v) is 15.0. The summed E-state index contributed by atoms with van der Waals surface area (Å²) in [5.74, 6) is 1.85. The maximum Gasteiger partial charge on any atom is 0.231 e. The quantitative estimate of drug-likeness (QED) is 0.149. The molecule has 0 bridgehead atoms. The maximum atomic E-state index is 12.5. The Bertz CT molecular complexity index is 1490. The van der Waals surface area contributed by atoms with Gasteiger partial charge < -0.3 is 14.6 Å². The summed E-state index contributed by atoms with van der Waals surface area (Å²) < 4.78 is 0. The van der Waals surface area contributed by atoms with E-state index in [1.54, 1.807) is 0 Å². The van der Waals surface area contributed by atoms with Gasteiger partial charge >= 0.3 is 0 Å². The molecule has 5 nitrogen and oxygen atoms in total. The number of anilines is 2. The number of para-hydroxylation sites is 1. The molecule has 6 rings (SSSR count). The number of benzene rings is 3. The first kappa shape index (κ1) is 34.7. The predicted octanol–water partition coefficient (Wildman–Crippen LogP) is 7.57. The van der Waals surface area contributed by atoms with Crippen LogP contribution in [-0.4, -0.2) is 61.6 Å². The van der Waals surface area contributed by atoms with Crippen LogP contribution in [0.5, 0.6) is 0 Å². The first-order valence-electron chi connectivity index (χ1n) is 17.2. The number of nitrogens with zero attached hydrogens (tertiary/aromatic N) is 3. The molecular weight excluding hydrogens is 605 g/mol. The fourth-order valence-electron chi connectivity index (χ4n) is 7.43. The smallest absolute Gasteiger partial charge is 0.231 e. The molecule has 3 atom stereocenters. The second kappa shape index (κ2) is 16.4. The summed E-state index contributed by atoms with van der Waals surface area (Å²) in [6, 6.07) is 22.8. The highest BCUT2D eigenvalue weighted by Crippen LogP contribution is 2.38. The highest BCUT2D eigenvalue weighted by Gasteiger charge is 2.35. The van der Waals surface area contributed by atoms with Crippen LogP contribution in [0.25, 0.3) is 0 Å². The maximum absolute atomic E-state index is 12.5. The monoisotopic (exact) mass is 657 g/mol. The van der Waals surface area contributed by atoms with Gasteiger partial charge in [-0.3, -0.25) is 9.69 Å². The Morgan fingerprint density at radius 3 is 2.57 bits per heavy atom. The molecule has 0 aliphatic carbocycles. The predicted molar refractivity (Wildman–Crippen MR) is 199 cm³/mol. The van der Waals surface area contributed by atoms with Crippen molar-refractivity contribution in [2.75, 3.05) is 42.2 Å².